The molecule has 0 aliphatic rings. The summed E-state index contributed by atoms with van der Waals surface area (Å²) in [5.74, 6) is -0.549. The Kier molecular flexibility index (Phi) is 13.5. The van der Waals surface area contributed by atoms with Gasteiger partial charge in [0.1, 0.15) is 11.5 Å². The van der Waals surface area contributed by atoms with Gasteiger partial charge in [-0.25, -0.2) is 0 Å². The third-order valence-corrected chi connectivity index (χ3v) is 7.03. The van der Waals surface area contributed by atoms with Crippen molar-refractivity contribution < 1.29 is 50.2 Å². The summed E-state index contributed by atoms with van der Waals surface area (Å²) in [4.78, 5) is 33.9. The topological polar surface area (TPSA) is 93.7 Å². The van der Waals surface area contributed by atoms with Gasteiger partial charge in [-0.05, 0) is 90.8 Å². The minimum atomic E-state index is -4.71. The average molecular weight is 693 g/mol. The number of ether oxygens (including phenoxy) is 2. The Labute approximate surface area is 276 Å². The van der Waals surface area contributed by atoms with Crippen molar-refractivity contribution in [1.29, 1.82) is 0 Å². The van der Waals surface area contributed by atoms with Crippen molar-refractivity contribution >= 4 is 39.8 Å². The van der Waals surface area contributed by atoms with Gasteiger partial charge in [-0.3, -0.25) is 14.4 Å². The SMILES string of the molecule is CC(=O)SCC(=O)c1ccc(NCc2ccc(OC(F)(F)F)cc2)cc1.CC(=O)c1ccc(NCc2ccc(OC(F)(F)F)cc2)cc1. The number of nitrogens with one attached hydrogen (secondary N) is 2. The van der Waals surface area contributed by atoms with E-state index in [9.17, 15) is 40.7 Å². The van der Waals surface area contributed by atoms with Crippen molar-refractivity contribution in [1.82, 2.24) is 0 Å². The van der Waals surface area contributed by atoms with Crippen LogP contribution in [0.25, 0.3) is 0 Å². The molecule has 4 rings (SSSR count). The smallest absolute Gasteiger partial charge is 0.406 e. The molecule has 254 valence electrons. The summed E-state index contributed by atoms with van der Waals surface area (Å²) in [5, 5.41) is 6.12. The van der Waals surface area contributed by atoms with E-state index in [2.05, 4.69) is 20.1 Å². The maximum atomic E-state index is 12.1. The summed E-state index contributed by atoms with van der Waals surface area (Å²) in [7, 11) is 0. The first-order valence-electron chi connectivity index (χ1n) is 14.1. The normalized spacial score (nSPS) is 11.1. The highest BCUT2D eigenvalue weighted by molar-refractivity contribution is 8.14. The molecule has 4 aromatic rings. The lowest BCUT2D eigenvalue weighted by molar-refractivity contribution is -0.275. The van der Waals surface area contributed by atoms with Crippen molar-refractivity contribution in [3.8, 4) is 11.5 Å². The largest absolute Gasteiger partial charge is 0.573 e. The first-order chi connectivity index (χ1) is 22.6. The molecule has 0 aliphatic heterocycles. The van der Waals surface area contributed by atoms with Gasteiger partial charge in [-0.15, -0.1) is 26.3 Å². The molecular formula is C34H30F6N2O5S. The van der Waals surface area contributed by atoms with E-state index in [1.54, 1.807) is 60.7 Å². The number of carbonyl (C=O) groups excluding carboxylic acids is 3. The maximum absolute atomic E-state index is 12.1. The summed E-state index contributed by atoms with van der Waals surface area (Å²) in [5.41, 5.74) is 4.30. The zero-order chi connectivity index (χ0) is 35.3. The van der Waals surface area contributed by atoms with Gasteiger partial charge in [0, 0.05) is 42.5 Å². The molecule has 0 aliphatic carbocycles. The zero-order valence-corrected chi connectivity index (χ0v) is 26.4. The molecule has 14 heteroatoms. The molecule has 0 fully saturated rings. The third kappa shape index (κ3) is 14.2. The van der Waals surface area contributed by atoms with Crippen molar-refractivity contribution in [2.45, 2.75) is 39.7 Å². The predicted molar refractivity (Wildman–Crippen MR) is 171 cm³/mol. The second-order valence-electron chi connectivity index (χ2n) is 10.0. The molecule has 2 N–H and O–H groups in total. The van der Waals surface area contributed by atoms with Crippen LogP contribution >= 0.6 is 11.8 Å². The number of hydrogen-bond donors (Lipinski definition) is 2. The fourth-order valence-corrected chi connectivity index (χ4v) is 4.37. The van der Waals surface area contributed by atoms with E-state index in [0.29, 0.717) is 24.2 Å². The minimum absolute atomic E-state index is 0.00759. The zero-order valence-electron chi connectivity index (χ0n) is 25.6. The quantitative estimate of drug-likeness (QED) is 0.112. The fourth-order valence-electron chi connectivity index (χ4n) is 3.87. The highest BCUT2D eigenvalue weighted by Gasteiger charge is 2.31. The molecule has 0 atom stereocenters. The van der Waals surface area contributed by atoms with E-state index in [4.69, 9.17) is 0 Å². The number of ketones is 2. The van der Waals surface area contributed by atoms with Gasteiger partial charge in [0.05, 0.1) is 5.75 Å². The van der Waals surface area contributed by atoms with Crippen LogP contribution in [0.3, 0.4) is 0 Å². The van der Waals surface area contributed by atoms with E-state index < -0.39 is 12.7 Å². The summed E-state index contributed by atoms with van der Waals surface area (Å²) in [6.07, 6.45) is -9.39. The number of anilines is 2. The molecule has 0 amide bonds. The lowest BCUT2D eigenvalue weighted by atomic mass is 10.1. The van der Waals surface area contributed by atoms with Crippen LogP contribution < -0.4 is 20.1 Å². The van der Waals surface area contributed by atoms with Gasteiger partial charge in [0.15, 0.2) is 16.7 Å². The van der Waals surface area contributed by atoms with Crippen LogP contribution in [0.4, 0.5) is 37.7 Å². The fraction of sp³-hybridized carbons (Fsp3) is 0.206. The van der Waals surface area contributed by atoms with Crippen LogP contribution in [0.15, 0.2) is 97.1 Å². The highest BCUT2D eigenvalue weighted by Crippen LogP contribution is 2.24. The monoisotopic (exact) mass is 692 g/mol. The Balaban J connectivity index is 0.000000264. The Morgan fingerprint density at radius 1 is 0.583 bits per heavy atom. The van der Waals surface area contributed by atoms with Crippen LogP contribution in [0.5, 0.6) is 11.5 Å². The van der Waals surface area contributed by atoms with Crippen LogP contribution in [0, 0.1) is 0 Å². The second-order valence-corrected chi connectivity index (χ2v) is 11.2. The molecule has 7 nitrogen and oxygen atoms in total. The van der Waals surface area contributed by atoms with Gasteiger partial charge in [-0.2, -0.15) is 0 Å². The molecule has 48 heavy (non-hydrogen) atoms. The van der Waals surface area contributed by atoms with Gasteiger partial charge in [0.2, 0.25) is 0 Å². The number of hydrogen-bond acceptors (Lipinski definition) is 8. The van der Waals surface area contributed by atoms with Crippen LogP contribution in [-0.4, -0.2) is 35.2 Å². The van der Waals surface area contributed by atoms with Gasteiger partial charge in [0.25, 0.3) is 0 Å². The van der Waals surface area contributed by atoms with E-state index in [0.717, 1.165) is 34.3 Å². The molecule has 0 radical (unpaired) electrons. The number of rotatable bonds is 12. The van der Waals surface area contributed by atoms with E-state index in [1.165, 1.54) is 50.2 Å². The van der Waals surface area contributed by atoms with E-state index in [-0.39, 0.29) is 33.9 Å². The Hall–Kier alpha value is -4.98. The lowest BCUT2D eigenvalue weighted by Crippen LogP contribution is -2.17. The highest BCUT2D eigenvalue weighted by atomic mass is 32.2. The number of carbonyl (C=O) groups is 3. The summed E-state index contributed by atoms with van der Waals surface area (Å²) in [6, 6.07) is 25.0. The molecule has 0 bridgehead atoms. The second kappa shape index (κ2) is 17.3. The summed E-state index contributed by atoms with van der Waals surface area (Å²) in [6.45, 7) is 3.76. The van der Waals surface area contributed by atoms with Crippen LogP contribution in [0.2, 0.25) is 0 Å². The van der Waals surface area contributed by atoms with Crippen LogP contribution in [0.1, 0.15) is 45.7 Å². The molecule has 0 aromatic heterocycles. The molecular weight excluding hydrogens is 662 g/mol. The van der Waals surface area contributed by atoms with Gasteiger partial charge < -0.3 is 20.1 Å². The van der Waals surface area contributed by atoms with Crippen molar-refractivity contribution in [2.75, 3.05) is 16.4 Å². The summed E-state index contributed by atoms with van der Waals surface area (Å²) < 4.78 is 80.1. The molecule has 0 saturated carbocycles. The molecule has 4 aromatic carbocycles. The first kappa shape index (κ1) is 37.5. The minimum Gasteiger partial charge on any atom is -0.406 e. The van der Waals surface area contributed by atoms with E-state index in [1.807, 2.05) is 0 Å². The number of alkyl halides is 6. The number of halogens is 6. The van der Waals surface area contributed by atoms with Crippen molar-refractivity contribution in [3.63, 3.8) is 0 Å². The van der Waals surface area contributed by atoms with Crippen LogP contribution in [-0.2, 0) is 17.9 Å². The van der Waals surface area contributed by atoms with Gasteiger partial charge >= 0.3 is 12.7 Å². The standard InChI is InChI=1S/C18H16F3NO3S.C16H14F3NO2/c1-12(23)26-11-17(24)14-4-6-15(7-5-14)22-10-13-2-8-16(9-3-13)25-18(19,20)21;1-11(21)13-4-6-14(7-5-13)20-10-12-2-8-15(9-3-12)22-16(17,18)19/h2-9,22H,10-11H2,1H3;2-9,20H,10H2,1H3. The first-order valence-corrected chi connectivity index (χ1v) is 15.1. The lowest BCUT2D eigenvalue weighted by Gasteiger charge is -2.10. The number of Topliss-reactive ketones (excluding diaryl/α,β-unsaturated/α-hetero) is 2. The molecule has 0 spiro atoms. The Morgan fingerprint density at radius 2 is 0.958 bits per heavy atom. The average Bonchev–Trinajstić information content (AvgIpc) is 3.02. The predicted octanol–water partition coefficient (Wildman–Crippen LogP) is 9.06. The Bertz CT molecular complexity index is 1640. The number of benzene rings is 4. The van der Waals surface area contributed by atoms with E-state index >= 15 is 0 Å². The van der Waals surface area contributed by atoms with Crippen molar-refractivity contribution in [3.05, 3.63) is 119 Å². The third-order valence-electron chi connectivity index (χ3n) is 6.21. The Morgan fingerprint density at radius 3 is 1.29 bits per heavy atom. The molecule has 0 heterocycles. The number of thioether (sulfide) groups is 1. The molecule has 0 unspecified atom stereocenters. The van der Waals surface area contributed by atoms with Crippen molar-refractivity contribution in [2.24, 2.45) is 0 Å². The maximum Gasteiger partial charge on any atom is 0.573 e. The summed E-state index contributed by atoms with van der Waals surface area (Å²) >= 11 is 0.966. The molecule has 0 saturated heterocycles. The van der Waals surface area contributed by atoms with Gasteiger partial charge in [-0.1, -0.05) is 36.0 Å².